The summed E-state index contributed by atoms with van der Waals surface area (Å²) in [7, 11) is 3.31. The molecule has 10 heteroatoms. The Morgan fingerprint density at radius 2 is 1.75 bits per heavy atom. The quantitative estimate of drug-likeness (QED) is 0.245. The molecule has 1 amide bonds. The lowest BCUT2D eigenvalue weighted by atomic mass is 10.1. The summed E-state index contributed by atoms with van der Waals surface area (Å²) in [6, 6.07) is 12.0. The van der Waals surface area contributed by atoms with Crippen LogP contribution in [0.2, 0.25) is 0 Å². The molecule has 1 N–H and O–H groups in total. The second kappa shape index (κ2) is 12.7. The molecule has 4 rings (SSSR count). The van der Waals surface area contributed by atoms with Crippen molar-refractivity contribution in [3.05, 3.63) is 55.0 Å². The standard InChI is InChI=1S/C30H38N6O4/c1-7-8-12-36(23-14-24(38-5)17-25(15-23)39-6)22-9-10-26-27(16-22)34-28(19-32-26)21-18-33-35(20-21)13-11-31-29(37)40-30(2,3)4/h9-10,14-20H,7-8,11-13H2,1-6H3,(H,31,37). The number of nitrogens with zero attached hydrogens (tertiary/aromatic N) is 5. The molecule has 0 saturated carbocycles. The minimum atomic E-state index is -0.536. The van der Waals surface area contributed by atoms with Gasteiger partial charge in [-0.05, 0) is 45.4 Å². The summed E-state index contributed by atoms with van der Waals surface area (Å²) in [6.45, 7) is 9.40. The van der Waals surface area contributed by atoms with E-state index in [4.69, 9.17) is 19.2 Å². The lowest BCUT2D eigenvalue weighted by Crippen LogP contribution is -2.34. The fraction of sp³-hybridized carbons (Fsp3) is 0.400. The highest BCUT2D eigenvalue weighted by Crippen LogP contribution is 2.34. The average Bonchev–Trinajstić information content (AvgIpc) is 3.40. The van der Waals surface area contributed by atoms with Gasteiger partial charge >= 0.3 is 6.09 Å². The summed E-state index contributed by atoms with van der Waals surface area (Å²) in [4.78, 5) is 23.7. The van der Waals surface area contributed by atoms with E-state index >= 15 is 0 Å². The maximum Gasteiger partial charge on any atom is 0.407 e. The van der Waals surface area contributed by atoms with E-state index in [1.54, 1.807) is 31.3 Å². The third kappa shape index (κ3) is 7.40. The molecule has 0 bridgehead atoms. The van der Waals surface area contributed by atoms with Gasteiger partial charge in [0.25, 0.3) is 0 Å². The number of hydrogen-bond acceptors (Lipinski definition) is 8. The smallest absolute Gasteiger partial charge is 0.407 e. The van der Waals surface area contributed by atoms with E-state index in [0.717, 1.165) is 64.6 Å². The van der Waals surface area contributed by atoms with E-state index < -0.39 is 11.7 Å². The first-order chi connectivity index (χ1) is 19.2. The van der Waals surface area contributed by atoms with Crippen LogP contribution >= 0.6 is 0 Å². The predicted octanol–water partition coefficient (Wildman–Crippen LogP) is 5.97. The van der Waals surface area contributed by atoms with Gasteiger partial charge in [0, 0.05) is 54.4 Å². The van der Waals surface area contributed by atoms with Gasteiger partial charge in [-0.2, -0.15) is 5.10 Å². The van der Waals surface area contributed by atoms with E-state index in [2.05, 4.69) is 39.4 Å². The number of carbonyl (C=O) groups excluding carboxylic acids is 1. The number of aromatic nitrogens is 4. The third-order valence-corrected chi connectivity index (χ3v) is 6.16. The van der Waals surface area contributed by atoms with Crippen LogP contribution in [0.3, 0.4) is 0 Å². The molecule has 0 aliphatic carbocycles. The Kier molecular flexibility index (Phi) is 9.08. The van der Waals surface area contributed by atoms with Gasteiger partial charge in [-0.25, -0.2) is 9.78 Å². The number of carbonyl (C=O) groups is 1. The molecule has 0 radical (unpaired) electrons. The van der Waals surface area contributed by atoms with Gasteiger partial charge in [-0.1, -0.05) is 13.3 Å². The molecule has 0 fully saturated rings. The minimum Gasteiger partial charge on any atom is -0.497 e. The fourth-order valence-electron chi connectivity index (χ4n) is 4.18. The van der Waals surface area contributed by atoms with Crippen LogP contribution in [-0.4, -0.2) is 58.8 Å². The zero-order chi connectivity index (χ0) is 28.7. The average molecular weight is 547 g/mol. The molecule has 0 spiro atoms. The minimum absolute atomic E-state index is 0.394. The van der Waals surface area contributed by atoms with Crippen molar-refractivity contribution in [3.63, 3.8) is 0 Å². The number of rotatable bonds is 11. The molecule has 10 nitrogen and oxygen atoms in total. The van der Waals surface area contributed by atoms with Crippen LogP contribution in [0.5, 0.6) is 11.5 Å². The Hall–Kier alpha value is -4.34. The number of hydrogen-bond donors (Lipinski definition) is 1. The zero-order valence-electron chi connectivity index (χ0n) is 24.1. The number of ether oxygens (including phenoxy) is 3. The lowest BCUT2D eigenvalue weighted by Gasteiger charge is -2.26. The van der Waals surface area contributed by atoms with Crippen molar-refractivity contribution >= 4 is 28.5 Å². The Morgan fingerprint density at radius 3 is 2.42 bits per heavy atom. The second-order valence-electron chi connectivity index (χ2n) is 10.4. The molecule has 2 heterocycles. The summed E-state index contributed by atoms with van der Waals surface area (Å²) < 4.78 is 18.1. The molecule has 212 valence electrons. The maximum absolute atomic E-state index is 11.9. The van der Waals surface area contributed by atoms with E-state index in [0.29, 0.717) is 13.1 Å². The number of benzene rings is 2. The van der Waals surface area contributed by atoms with Gasteiger partial charge in [-0.3, -0.25) is 9.67 Å². The first-order valence-corrected chi connectivity index (χ1v) is 13.5. The van der Waals surface area contributed by atoms with Crippen LogP contribution in [0.4, 0.5) is 16.2 Å². The molecule has 0 atom stereocenters. The van der Waals surface area contributed by atoms with Crippen molar-refractivity contribution < 1.29 is 19.0 Å². The number of unbranched alkanes of at least 4 members (excludes halogenated alkanes) is 1. The largest absolute Gasteiger partial charge is 0.497 e. The van der Waals surface area contributed by atoms with Gasteiger partial charge in [0.2, 0.25) is 0 Å². The number of fused-ring (bicyclic) bond motifs is 1. The molecule has 4 aromatic rings. The molecular weight excluding hydrogens is 508 g/mol. The van der Waals surface area contributed by atoms with Crippen LogP contribution in [0.15, 0.2) is 55.0 Å². The molecule has 0 saturated heterocycles. The van der Waals surface area contributed by atoms with Crippen molar-refractivity contribution in [1.29, 1.82) is 0 Å². The van der Waals surface area contributed by atoms with Gasteiger partial charge in [-0.15, -0.1) is 0 Å². The van der Waals surface area contributed by atoms with Crippen LogP contribution < -0.4 is 19.7 Å². The Labute approximate surface area is 235 Å². The number of alkyl carbamates (subject to hydrolysis) is 1. The van der Waals surface area contributed by atoms with E-state index in [9.17, 15) is 4.79 Å². The maximum atomic E-state index is 11.9. The highest BCUT2D eigenvalue weighted by atomic mass is 16.6. The van der Waals surface area contributed by atoms with Crippen molar-refractivity contribution in [1.82, 2.24) is 25.1 Å². The molecule has 0 aliphatic rings. The molecule has 0 aliphatic heterocycles. The molecule has 0 unspecified atom stereocenters. The van der Waals surface area contributed by atoms with Crippen LogP contribution in [0.25, 0.3) is 22.3 Å². The summed E-state index contributed by atoms with van der Waals surface area (Å²) in [6.07, 6.45) is 7.04. The van der Waals surface area contributed by atoms with Gasteiger partial charge in [0.15, 0.2) is 0 Å². The molecular formula is C30H38N6O4. The molecule has 2 aromatic heterocycles. The summed E-state index contributed by atoms with van der Waals surface area (Å²) in [5.41, 5.74) is 4.61. The van der Waals surface area contributed by atoms with Crippen LogP contribution in [0, 0.1) is 0 Å². The highest BCUT2D eigenvalue weighted by molar-refractivity contribution is 5.82. The molecule has 2 aromatic carbocycles. The summed E-state index contributed by atoms with van der Waals surface area (Å²) in [5.74, 6) is 1.47. The van der Waals surface area contributed by atoms with Gasteiger partial charge < -0.3 is 24.4 Å². The van der Waals surface area contributed by atoms with E-state index in [-0.39, 0.29) is 0 Å². The fourth-order valence-corrected chi connectivity index (χ4v) is 4.18. The summed E-state index contributed by atoms with van der Waals surface area (Å²) in [5, 5.41) is 7.17. The topological polar surface area (TPSA) is 104 Å². The van der Waals surface area contributed by atoms with Crippen LogP contribution in [0.1, 0.15) is 40.5 Å². The number of amides is 1. The van der Waals surface area contributed by atoms with Crippen molar-refractivity contribution in [2.45, 2.75) is 52.7 Å². The normalized spacial score (nSPS) is 11.3. The first kappa shape index (κ1) is 28.7. The van der Waals surface area contributed by atoms with Crippen molar-refractivity contribution in [2.24, 2.45) is 0 Å². The van der Waals surface area contributed by atoms with E-state index in [1.807, 2.05) is 51.2 Å². The number of methoxy groups -OCH3 is 2. The van der Waals surface area contributed by atoms with Crippen molar-refractivity contribution in [3.8, 4) is 22.8 Å². The SMILES string of the molecule is CCCCN(c1cc(OC)cc(OC)c1)c1ccc2ncc(-c3cnn(CCNC(=O)OC(C)(C)C)c3)nc2c1. The Bertz CT molecular complexity index is 1420. The second-order valence-corrected chi connectivity index (χ2v) is 10.4. The monoisotopic (exact) mass is 546 g/mol. The molecule has 40 heavy (non-hydrogen) atoms. The lowest BCUT2D eigenvalue weighted by molar-refractivity contribution is 0.0525. The summed E-state index contributed by atoms with van der Waals surface area (Å²) >= 11 is 0. The first-order valence-electron chi connectivity index (χ1n) is 13.5. The van der Waals surface area contributed by atoms with Crippen LogP contribution in [-0.2, 0) is 11.3 Å². The zero-order valence-corrected chi connectivity index (χ0v) is 24.1. The van der Waals surface area contributed by atoms with Crippen molar-refractivity contribution in [2.75, 3.05) is 32.2 Å². The number of nitrogens with one attached hydrogen (secondary N) is 1. The number of anilines is 2. The Balaban J connectivity index is 1.56. The predicted molar refractivity (Wildman–Crippen MR) is 156 cm³/mol. The van der Waals surface area contributed by atoms with Gasteiger partial charge in [0.05, 0.1) is 49.9 Å². The highest BCUT2D eigenvalue weighted by Gasteiger charge is 2.16. The Morgan fingerprint density at radius 1 is 1.00 bits per heavy atom. The van der Waals surface area contributed by atoms with Gasteiger partial charge in [0.1, 0.15) is 17.1 Å². The third-order valence-electron chi connectivity index (χ3n) is 6.16. The van der Waals surface area contributed by atoms with E-state index in [1.165, 1.54) is 0 Å².